The maximum atomic E-state index is 11.2. The standard InChI is InChI=1S/C13H14O2/c1-15-13(14)9-11-7-4-6-10-5-2-3-8-12(10)11/h2-3,5,8-9H,4,6-7H2,1H3/b11-9+. The Morgan fingerprint density at radius 1 is 1.33 bits per heavy atom. The van der Waals surface area contributed by atoms with Crippen LogP contribution in [0.2, 0.25) is 0 Å². The summed E-state index contributed by atoms with van der Waals surface area (Å²) in [6.45, 7) is 0. The van der Waals surface area contributed by atoms with Crippen molar-refractivity contribution >= 4 is 11.5 Å². The molecule has 0 radical (unpaired) electrons. The number of fused-ring (bicyclic) bond motifs is 1. The van der Waals surface area contributed by atoms with Gasteiger partial charge in [-0.05, 0) is 36.0 Å². The number of carbonyl (C=O) groups is 1. The van der Waals surface area contributed by atoms with Crippen LogP contribution in [0.25, 0.3) is 5.57 Å². The molecule has 0 bridgehead atoms. The fraction of sp³-hybridized carbons (Fsp3) is 0.308. The molecule has 0 fully saturated rings. The molecule has 0 heterocycles. The van der Waals surface area contributed by atoms with Crippen LogP contribution in [0.3, 0.4) is 0 Å². The third-order valence-corrected chi connectivity index (χ3v) is 2.75. The van der Waals surface area contributed by atoms with E-state index in [1.165, 1.54) is 18.2 Å². The predicted octanol–water partition coefficient (Wildman–Crippen LogP) is 2.58. The number of rotatable bonds is 1. The van der Waals surface area contributed by atoms with Crippen molar-refractivity contribution in [2.24, 2.45) is 0 Å². The Kier molecular flexibility index (Phi) is 2.86. The number of carbonyl (C=O) groups excluding carboxylic acids is 1. The molecule has 1 aromatic carbocycles. The monoisotopic (exact) mass is 202 g/mol. The van der Waals surface area contributed by atoms with E-state index in [2.05, 4.69) is 16.9 Å². The molecular formula is C13H14O2. The second-order valence-corrected chi connectivity index (χ2v) is 3.70. The topological polar surface area (TPSA) is 26.3 Å². The number of hydrogen-bond donors (Lipinski definition) is 0. The van der Waals surface area contributed by atoms with Crippen LogP contribution in [-0.4, -0.2) is 13.1 Å². The molecule has 2 rings (SSSR count). The average Bonchev–Trinajstić information content (AvgIpc) is 2.29. The van der Waals surface area contributed by atoms with E-state index in [9.17, 15) is 4.79 Å². The molecule has 1 aliphatic rings. The molecule has 78 valence electrons. The van der Waals surface area contributed by atoms with Gasteiger partial charge in [-0.25, -0.2) is 4.79 Å². The van der Waals surface area contributed by atoms with Gasteiger partial charge in [0, 0.05) is 6.08 Å². The first-order chi connectivity index (χ1) is 7.31. The molecule has 0 N–H and O–H groups in total. The zero-order valence-corrected chi connectivity index (χ0v) is 8.82. The van der Waals surface area contributed by atoms with Gasteiger partial charge < -0.3 is 4.74 Å². The van der Waals surface area contributed by atoms with Gasteiger partial charge >= 0.3 is 5.97 Å². The van der Waals surface area contributed by atoms with Crippen molar-refractivity contribution in [3.63, 3.8) is 0 Å². The molecule has 0 unspecified atom stereocenters. The molecule has 0 atom stereocenters. The molecule has 1 aromatic rings. The molecule has 0 saturated carbocycles. The van der Waals surface area contributed by atoms with E-state index in [1.807, 2.05) is 12.1 Å². The normalized spacial score (nSPS) is 17.3. The highest BCUT2D eigenvalue weighted by Gasteiger charge is 2.14. The maximum Gasteiger partial charge on any atom is 0.330 e. The van der Waals surface area contributed by atoms with E-state index in [4.69, 9.17) is 0 Å². The van der Waals surface area contributed by atoms with Crippen LogP contribution in [0.1, 0.15) is 24.0 Å². The van der Waals surface area contributed by atoms with Gasteiger partial charge in [-0.3, -0.25) is 0 Å². The van der Waals surface area contributed by atoms with Gasteiger partial charge in [0.1, 0.15) is 0 Å². The first kappa shape index (κ1) is 9.97. The molecular weight excluding hydrogens is 188 g/mol. The Labute approximate surface area is 89.6 Å². The lowest BCUT2D eigenvalue weighted by atomic mass is 9.87. The zero-order chi connectivity index (χ0) is 10.7. The molecule has 2 heteroatoms. The number of ether oxygens (including phenoxy) is 1. The Bertz CT molecular complexity index is 405. The smallest absolute Gasteiger partial charge is 0.330 e. The molecule has 15 heavy (non-hydrogen) atoms. The summed E-state index contributed by atoms with van der Waals surface area (Å²) in [6, 6.07) is 8.25. The van der Waals surface area contributed by atoms with Crippen molar-refractivity contribution in [2.75, 3.05) is 7.11 Å². The Balaban J connectivity index is 2.37. The third-order valence-electron chi connectivity index (χ3n) is 2.75. The van der Waals surface area contributed by atoms with Gasteiger partial charge in [0.2, 0.25) is 0 Å². The van der Waals surface area contributed by atoms with Crippen molar-refractivity contribution in [1.82, 2.24) is 0 Å². The van der Waals surface area contributed by atoms with Crippen LogP contribution in [0.15, 0.2) is 30.3 Å². The number of hydrogen-bond acceptors (Lipinski definition) is 2. The molecule has 0 saturated heterocycles. The first-order valence-corrected chi connectivity index (χ1v) is 5.18. The second kappa shape index (κ2) is 4.30. The van der Waals surface area contributed by atoms with Crippen LogP contribution in [0.4, 0.5) is 0 Å². The van der Waals surface area contributed by atoms with Gasteiger partial charge in [-0.1, -0.05) is 24.3 Å². The number of benzene rings is 1. The lowest BCUT2D eigenvalue weighted by Crippen LogP contribution is -2.04. The van der Waals surface area contributed by atoms with Crippen LogP contribution >= 0.6 is 0 Å². The summed E-state index contributed by atoms with van der Waals surface area (Å²) in [7, 11) is 1.41. The van der Waals surface area contributed by atoms with Crippen LogP contribution in [0, 0.1) is 0 Å². The number of methoxy groups -OCH3 is 1. The van der Waals surface area contributed by atoms with Gasteiger partial charge in [0.15, 0.2) is 0 Å². The molecule has 1 aliphatic carbocycles. The maximum absolute atomic E-state index is 11.2. The minimum absolute atomic E-state index is 0.262. The van der Waals surface area contributed by atoms with E-state index < -0.39 is 0 Å². The number of esters is 1. The largest absolute Gasteiger partial charge is 0.466 e. The van der Waals surface area contributed by atoms with E-state index in [1.54, 1.807) is 6.08 Å². The minimum Gasteiger partial charge on any atom is -0.466 e. The number of aryl methyl sites for hydroxylation is 1. The molecule has 2 nitrogen and oxygen atoms in total. The Morgan fingerprint density at radius 3 is 2.93 bits per heavy atom. The quantitative estimate of drug-likeness (QED) is 0.517. The highest BCUT2D eigenvalue weighted by molar-refractivity contribution is 5.92. The summed E-state index contributed by atoms with van der Waals surface area (Å²) in [4.78, 5) is 11.2. The highest BCUT2D eigenvalue weighted by atomic mass is 16.5. The van der Waals surface area contributed by atoms with Crippen molar-refractivity contribution in [2.45, 2.75) is 19.3 Å². The van der Waals surface area contributed by atoms with Crippen molar-refractivity contribution in [1.29, 1.82) is 0 Å². The van der Waals surface area contributed by atoms with Gasteiger partial charge in [0.25, 0.3) is 0 Å². The summed E-state index contributed by atoms with van der Waals surface area (Å²) >= 11 is 0. The lowest BCUT2D eigenvalue weighted by Gasteiger charge is -2.18. The van der Waals surface area contributed by atoms with Crippen molar-refractivity contribution in [3.8, 4) is 0 Å². The Morgan fingerprint density at radius 2 is 2.13 bits per heavy atom. The minimum atomic E-state index is -0.262. The highest BCUT2D eigenvalue weighted by Crippen LogP contribution is 2.30. The first-order valence-electron chi connectivity index (χ1n) is 5.18. The van der Waals surface area contributed by atoms with Gasteiger partial charge in [-0.2, -0.15) is 0 Å². The lowest BCUT2D eigenvalue weighted by molar-refractivity contribution is -0.134. The molecule has 0 aliphatic heterocycles. The predicted molar refractivity (Wildman–Crippen MR) is 59.4 cm³/mol. The molecule has 0 aromatic heterocycles. The van der Waals surface area contributed by atoms with Crippen LogP contribution in [-0.2, 0) is 16.0 Å². The van der Waals surface area contributed by atoms with Gasteiger partial charge in [-0.15, -0.1) is 0 Å². The average molecular weight is 202 g/mol. The molecule has 0 spiro atoms. The number of allylic oxidation sites excluding steroid dienone is 1. The van der Waals surface area contributed by atoms with E-state index in [0.717, 1.165) is 24.8 Å². The van der Waals surface area contributed by atoms with Gasteiger partial charge in [0.05, 0.1) is 7.11 Å². The Hall–Kier alpha value is -1.57. The van der Waals surface area contributed by atoms with E-state index >= 15 is 0 Å². The van der Waals surface area contributed by atoms with E-state index in [-0.39, 0.29) is 5.97 Å². The summed E-state index contributed by atoms with van der Waals surface area (Å²) in [6.07, 6.45) is 4.79. The molecule has 0 amide bonds. The fourth-order valence-corrected chi connectivity index (χ4v) is 2.01. The zero-order valence-electron chi connectivity index (χ0n) is 8.82. The van der Waals surface area contributed by atoms with E-state index in [0.29, 0.717) is 0 Å². The fourth-order valence-electron chi connectivity index (χ4n) is 2.01. The van der Waals surface area contributed by atoms with Crippen molar-refractivity contribution < 1.29 is 9.53 Å². The summed E-state index contributed by atoms with van der Waals surface area (Å²) in [5, 5.41) is 0. The van der Waals surface area contributed by atoms with Crippen molar-refractivity contribution in [3.05, 3.63) is 41.5 Å². The second-order valence-electron chi connectivity index (χ2n) is 3.70. The van der Waals surface area contributed by atoms with Crippen LogP contribution in [0.5, 0.6) is 0 Å². The summed E-state index contributed by atoms with van der Waals surface area (Å²) in [5.41, 5.74) is 3.64. The SMILES string of the molecule is COC(=O)/C=C1\CCCc2ccccc21. The summed E-state index contributed by atoms with van der Waals surface area (Å²) in [5.74, 6) is -0.262. The third kappa shape index (κ3) is 2.09. The summed E-state index contributed by atoms with van der Waals surface area (Å²) < 4.78 is 4.65. The van der Waals surface area contributed by atoms with Crippen LogP contribution < -0.4 is 0 Å².